The Labute approximate surface area is 226 Å². The van der Waals surface area contributed by atoms with Crippen LogP contribution < -0.4 is 0 Å². The standard InChI is InChI=1S/C32H54O5/c1-5-9-11-13-15-17-20-26-22-23-28(31(34)35)30(27(26)21-18-16-14-12-10-6-2)32(36)37-29(19-7-3)25(8-4)24-33/h22-23,25,29,33H,5-21,24H2,1-4H3,(H,34,35). The molecule has 0 aliphatic carbocycles. The summed E-state index contributed by atoms with van der Waals surface area (Å²) < 4.78 is 5.97. The van der Waals surface area contributed by atoms with E-state index in [2.05, 4.69) is 13.8 Å². The van der Waals surface area contributed by atoms with Crippen molar-refractivity contribution in [3.8, 4) is 0 Å². The van der Waals surface area contributed by atoms with Crippen molar-refractivity contribution in [3.05, 3.63) is 34.4 Å². The van der Waals surface area contributed by atoms with E-state index in [1.54, 1.807) is 6.07 Å². The molecule has 212 valence electrons. The summed E-state index contributed by atoms with van der Waals surface area (Å²) in [5.41, 5.74) is 2.21. The Kier molecular flexibility index (Phi) is 18.0. The quantitative estimate of drug-likeness (QED) is 0.119. The van der Waals surface area contributed by atoms with Crippen molar-refractivity contribution in [3.63, 3.8) is 0 Å². The van der Waals surface area contributed by atoms with Crippen LogP contribution in [0.15, 0.2) is 12.1 Å². The highest BCUT2D eigenvalue weighted by Crippen LogP contribution is 2.28. The Balaban J connectivity index is 3.25. The fraction of sp³-hybridized carbons (Fsp3) is 0.750. The highest BCUT2D eigenvalue weighted by atomic mass is 16.5. The molecule has 0 aliphatic heterocycles. The van der Waals surface area contributed by atoms with E-state index in [0.717, 1.165) is 56.1 Å². The van der Waals surface area contributed by atoms with Crippen LogP contribution >= 0.6 is 0 Å². The predicted octanol–water partition coefficient (Wildman–Crippen LogP) is 8.53. The van der Waals surface area contributed by atoms with Crippen molar-refractivity contribution in [2.24, 2.45) is 5.92 Å². The molecule has 2 unspecified atom stereocenters. The van der Waals surface area contributed by atoms with Crippen molar-refractivity contribution < 1.29 is 24.5 Å². The fourth-order valence-corrected chi connectivity index (χ4v) is 5.18. The molecular formula is C32H54O5. The van der Waals surface area contributed by atoms with Gasteiger partial charge in [0.2, 0.25) is 0 Å². The Morgan fingerprint density at radius 3 is 1.86 bits per heavy atom. The van der Waals surface area contributed by atoms with Crippen LogP contribution in [0.25, 0.3) is 0 Å². The van der Waals surface area contributed by atoms with Crippen molar-refractivity contribution >= 4 is 11.9 Å². The first-order valence-electron chi connectivity index (χ1n) is 15.1. The highest BCUT2D eigenvalue weighted by molar-refractivity contribution is 6.04. The van der Waals surface area contributed by atoms with Gasteiger partial charge in [-0.05, 0) is 55.7 Å². The molecule has 0 heterocycles. The first-order valence-corrected chi connectivity index (χ1v) is 15.1. The molecule has 0 saturated carbocycles. The molecule has 0 aromatic heterocycles. The number of aromatic carboxylic acids is 1. The number of rotatable bonds is 22. The lowest BCUT2D eigenvalue weighted by atomic mass is 9.89. The molecule has 1 rings (SSSR count). The molecule has 0 fully saturated rings. The number of carboxylic acids is 1. The number of ether oxygens (including phenoxy) is 1. The maximum absolute atomic E-state index is 13.6. The third-order valence-electron chi connectivity index (χ3n) is 7.54. The number of aliphatic hydroxyl groups is 1. The zero-order valence-corrected chi connectivity index (χ0v) is 24.2. The minimum Gasteiger partial charge on any atom is -0.478 e. The first-order chi connectivity index (χ1) is 17.9. The summed E-state index contributed by atoms with van der Waals surface area (Å²) in [5, 5.41) is 19.8. The van der Waals surface area contributed by atoms with E-state index >= 15 is 0 Å². The van der Waals surface area contributed by atoms with E-state index < -0.39 is 18.0 Å². The molecule has 1 aromatic carbocycles. The Morgan fingerprint density at radius 2 is 1.35 bits per heavy atom. The average Bonchev–Trinajstić information content (AvgIpc) is 2.88. The van der Waals surface area contributed by atoms with Crippen LogP contribution in [0.1, 0.15) is 156 Å². The van der Waals surface area contributed by atoms with Crippen molar-refractivity contribution in [1.29, 1.82) is 0 Å². The van der Waals surface area contributed by atoms with Gasteiger partial charge in [-0.25, -0.2) is 9.59 Å². The molecule has 0 saturated heterocycles. The van der Waals surface area contributed by atoms with Gasteiger partial charge in [0, 0.05) is 12.5 Å². The van der Waals surface area contributed by atoms with E-state index in [9.17, 15) is 19.8 Å². The third-order valence-corrected chi connectivity index (χ3v) is 7.54. The van der Waals surface area contributed by atoms with E-state index in [4.69, 9.17) is 4.74 Å². The van der Waals surface area contributed by atoms with Crippen LogP contribution in [0, 0.1) is 5.92 Å². The molecule has 2 atom stereocenters. The summed E-state index contributed by atoms with van der Waals surface area (Å²) >= 11 is 0. The molecule has 2 N–H and O–H groups in total. The molecule has 5 nitrogen and oxygen atoms in total. The van der Waals surface area contributed by atoms with Crippen LogP contribution in [0.2, 0.25) is 0 Å². The van der Waals surface area contributed by atoms with E-state index in [-0.39, 0.29) is 23.7 Å². The SMILES string of the molecule is CCCCCCCCc1ccc(C(=O)O)c(C(=O)OC(CCC)C(CC)CO)c1CCCCCCCC. The van der Waals surface area contributed by atoms with Gasteiger partial charge in [-0.15, -0.1) is 0 Å². The van der Waals surface area contributed by atoms with E-state index in [0.29, 0.717) is 19.3 Å². The summed E-state index contributed by atoms with van der Waals surface area (Å²) in [6.45, 7) is 8.37. The molecule has 37 heavy (non-hydrogen) atoms. The average molecular weight is 519 g/mol. The minimum absolute atomic E-state index is 0.0324. The summed E-state index contributed by atoms with van der Waals surface area (Å²) in [7, 11) is 0. The maximum Gasteiger partial charge on any atom is 0.339 e. The Hall–Kier alpha value is -1.88. The van der Waals surface area contributed by atoms with Crippen molar-refractivity contribution in [1.82, 2.24) is 0 Å². The second kappa shape index (κ2) is 20.1. The second-order valence-corrected chi connectivity index (χ2v) is 10.5. The fourth-order valence-electron chi connectivity index (χ4n) is 5.18. The van der Waals surface area contributed by atoms with Crippen LogP contribution in [0.5, 0.6) is 0 Å². The van der Waals surface area contributed by atoms with Gasteiger partial charge in [0.05, 0.1) is 11.1 Å². The lowest BCUT2D eigenvalue weighted by Gasteiger charge is -2.26. The molecular weight excluding hydrogens is 464 g/mol. The van der Waals surface area contributed by atoms with Gasteiger partial charge in [-0.2, -0.15) is 0 Å². The topological polar surface area (TPSA) is 83.8 Å². The number of benzene rings is 1. The van der Waals surface area contributed by atoms with Crippen molar-refractivity contribution in [2.75, 3.05) is 6.61 Å². The van der Waals surface area contributed by atoms with Gasteiger partial charge in [-0.3, -0.25) is 0 Å². The molecule has 0 spiro atoms. The number of carbonyl (C=O) groups is 2. The lowest BCUT2D eigenvalue weighted by molar-refractivity contribution is -0.000587. The van der Waals surface area contributed by atoms with Gasteiger partial charge in [0.1, 0.15) is 6.10 Å². The number of carboxylic acid groups (broad SMARTS) is 1. The van der Waals surface area contributed by atoms with Gasteiger partial charge >= 0.3 is 11.9 Å². The zero-order chi connectivity index (χ0) is 27.5. The van der Waals surface area contributed by atoms with Gasteiger partial charge in [-0.1, -0.05) is 104 Å². The van der Waals surface area contributed by atoms with Crippen molar-refractivity contribution in [2.45, 2.75) is 143 Å². The predicted molar refractivity (Wildman–Crippen MR) is 153 cm³/mol. The largest absolute Gasteiger partial charge is 0.478 e. The Morgan fingerprint density at radius 1 is 0.784 bits per heavy atom. The van der Waals surface area contributed by atoms with Crippen LogP contribution in [-0.4, -0.2) is 34.9 Å². The summed E-state index contributed by atoms with van der Waals surface area (Å²) in [4.78, 5) is 25.8. The lowest BCUT2D eigenvalue weighted by Crippen LogP contribution is -2.30. The number of aliphatic hydroxyl groups excluding tert-OH is 1. The summed E-state index contributed by atoms with van der Waals surface area (Å²) in [6, 6.07) is 3.51. The van der Waals surface area contributed by atoms with E-state index in [1.165, 1.54) is 44.9 Å². The third kappa shape index (κ3) is 12.0. The van der Waals surface area contributed by atoms with E-state index in [1.807, 2.05) is 19.9 Å². The minimum atomic E-state index is -1.09. The molecule has 0 radical (unpaired) electrons. The van der Waals surface area contributed by atoms with Crippen LogP contribution in [-0.2, 0) is 17.6 Å². The van der Waals surface area contributed by atoms with Gasteiger partial charge < -0.3 is 14.9 Å². The number of esters is 1. The monoisotopic (exact) mass is 518 g/mol. The number of unbranched alkanes of at least 4 members (excludes halogenated alkanes) is 10. The molecule has 1 aromatic rings. The number of hydrogen-bond acceptors (Lipinski definition) is 4. The second-order valence-electron chi connectivity index (χ2n) is 10.5. The first kappa shape index (κ1) is 33.1. The molecule has 0 bridgehead atoms. The zero-order valence-electron chi connectivity index (χ0n) is 24.2. The normalized spacial score (nSPS) is 12.9. The Bertz CT molecular complexity index is 769. The molecule has 0 amide bonds. The maximum atomic E-state index is 13.6. The molecule has 5 heteroatoms. The van der Waals surface area contributed by atoms with Gasteiger partial charge in [0.15, 0.2) is 0 Å². The van der Waals surface area contributed by atoms with Gasteiger partial charge in [0.25, 0.3) is 0 Å². The number of carbonyl (C=O) groups excluding carboxylic acids is 1. The van der Waals surface area contributed by atoms with Crippen LogP contribution in [0.3, 0.4) is 0 Å². The summed E-state index contributed by atoms with van der Waals surface area (Å²) in [6.07, 6.45) is 17.2. The van der Waals surface area contributed by atoms with Crippen LogP contribution in [0.4, 0.5) is 0 Å². The molecule has 0 aliphatic rings. The summed E-state index contributed by atoms with van der Waals surface area (Å²) in [5.74, 6) is -1.79. The highest BCUT2D eigenvalue weighted by Gasteiger charge is 2.29. The number of aryl methyl sites for hydroxylation is 1. The number of hydrogen-bond donors (Lipinski definition) is 2. The smallest absolute Gasteiger partial charge is 0.339 e.